The van der Waals surface area contributed by atoms with Crippen molar-refractivity contribution in [2.75, 3.05) is 18.0 Å². The van der Waals surface area contributed by atoms with Crippen molar-refractivity contribution in [3.8, 4) is 0 Å². The first-order chi connectivity index (χ1) is 12.8. The van der Waals surface area contributed by atoms with Gasteiger partial charge in [-0.25, -0.2) is 0 Å². The number of benzene rings is 1. The van der Waals surface area contributed by atoms with E-state index in [0.717, 1.165) is 12.2 Å². The molecule has 4 rings (SSSR count). The molecular weight excluding hydrogens is 324 g/mol. The molecule has 26 heavy (non-hydrogen) atoms. The van der Waals surface area contributed by atoms with Gasteiger partial charge in [-0.2, -0.15) is 0 Å². The lowest BCUT2D eigenvalue weighted by Crippen LogP contribution is -2.49. The number of amides is 1. The fourth-order valence-electron chi connectivity index (χ4n) is 5.17. The Kier molecular flexibility index (Phi) is 5.39. The summed E-state index contributed by atoms with van der Waals surface area (Å²) in [5, 5.41) is 0. The summed E-state index contributed by atoms with van der Waals surface area (Å²) in [4.78, 5) is 29.2. The van der Waals surface area contributed by atoms with Gasteiger partial charge in [-0.15, -0.1) is 0 Å². The van der Waals surface area contributed by atoms with Crippen LogP contribution in [0.5, 0.6) is 0 Å². The molecule has 2 fully saturated rings. The molecule has 140 valence electrons. The maximum atomic E-state index is 12.5. The van der Waals surface area contributed by atoms with Crippen LogP contribution in [0.3, 0.4) is 0 Å². The molecule has 0 spiro atoms. The van der Waals surface area contributed by atoms with E-state index in [1.807, 2.05) is 18.2 Å². The molecule has 2 saturated carbocycles. The Morgan fingerprint density at radius 1 is 0.846 bits per heavy atom. The van der Waals surface area contributed by atoms with Crippen LogP contribution in [0.1, 0.15) is 74.6 Å². The first kappa shape index (κ1) is 17.7. The number of hydrogen-bond donors (Lipinski definition) is 0. The molecule has 4 nitrogen and oxygen atoms in total. The Bertz CT molecular complexity index is 642. The van der Waals surface area contributed by atoms with E-state index in [1.165, 1.54) is 64.2 Å². The predicted molar refractivity (Wildman–Crippen MR) is 104 cm³/mol. The summed E-state index contributed by atoms with van der Waals surface area (Å²) in [6, 6.07) is 8.76. The first-order valence-electron chi connectivity index (χ1n) is 10.5. The largest absolute Gasteiger partial charge is 0.303 e. The fraction of sp³-hybridized carbons (Fsp3) is 0.636. The van der Waals surface area contributed by atoms with Crippen LogP contribution >= 0.6 is 0 Å². The highest BCUT2D eigenvalue weighted by atomic mass is 16.2. The summed E-state index contributed by atoms with van der Waals surface area (Å²) >= 11 is 0. The fourth-order valence-corrected chi connectivity index (χ4v) is 5.17. The second-order valence-electron chi connectivity index (χ2n) is 8.12. The van der Waals surface area contributed by atoms with Gasteiger partial charge in [0.1, 0.15) is 0 Å². The monoisotopic (exact) mass is 354 g/mol. The van der Waals surface area contributed by atoms with Crippen LogP contribution in [-0.2, 0) is 4.79 Å². The lowest BCUT2D eigenvalue weighted by Gasteiger charge is -2.42. The molecule has 0 aromatic heterocycles. The van der Waals surface area contributed by atoms with Crippen molar-refractivity contribution in [2.45, 2.75) is 76.3 Å². The smallest absolute Gasteiger partial charge is 0.299 e. The van der Waals surface area contributed by atoms with Crippen molar-refractivity contribution in [1.29, 1.82) is 0 Å². The Hall–Kier alpha value is -1.68. The van der Waals surface area contributed by atoms with Gasteiger partial charge in [-0.3, -0.25) is 14.5 Å². The highest BCUT2D eigenvalue weighted by Gasteiger charge is 2.36. The number of Topliss-reactive ketones (excluding diaryl/α,β-unsaturated/α-hetero) is 1. The average Bonchev–Trinajstić information content (AvgIpc) is 2.95. The second kappa shape index (κ2) is 7.91. The maximum absolute atomic E-state index is 12.5. The number of ketones is 1. The number of rotatable bonds is 5. The summed E-state index contributed by atoms with van der Waals surface area (Å²) in [6.45, 7) is 1.53. The van der Waals surface area contributed by atoms with E-state index in [1.54, 1.807) is 11.0 Å². The molecule has 1 amide bonds. The summed E-state index contributed by atoms with van der Waals surface area (Å²) in [5.74, 6) is -0.694. The van der Waals surface area contributed by atoms with Gasteiger partial charge in [0.15, 0.2) is 0 Å². The van der Waals surface area contributed by atoms with Gasteiger partial charge in [0, 0.05) is 25.2 Å². The van der Waals surface area contributed by atoms with E-state index >= 15 is 0 Å². The third-order valence-electron chi connectivity index (χ3n) is 6.55. The zero-order valence-corrected chi connectivity index (χ0v) is 15.7. The SMILES string of the molecule is O=C1C(=O)N(CCN(C2CCCCC2)C2CCCCC2)c2ccccc21. The van der Waals surface area contributed by atoms with E-state index in [9.17, 15) is 9.59 Å². The van der Waals surface area contributed by atoms with Gasteiger partial charge >= 0.3 is 0 Å². The van der Waals surface area contributed by atoms with Gasteiger partial charge in [-0.05, 0) is 37.8 Å². The van der Waals surface area contributed by atoms with Crippen LogP contribution in [0.15, 0.2) is 24.3 Å². The summed E-state index contributed by atoms with van der Waals surface area (Å²) in [7, 11) is 0. The van der Waals surface area contributed by atoms with Crippen molar-refractivity contribution in [3.63, 3.8) is 0 Å². The lowest BCUT2D eigenvalue weighted by molar-refractivity contribution is -0.114. The Morgan fingerprint density at radius 3 is 2.04 bits per heavy atom. The van der Waals surface area contributed by atoms with E-state index < -0.39 is 0 Å². The van der Waals surface area contributed by atoms with Gasteiger partial charge in [0.2, 0.25) is 0 Å². The summed E-state index contributed by atoms with van der Waals surface area (Å²) < 4.78 is 0. The highest BCUT2D eigenvalue weighted by molar-refractivity contribution is 6.52. The molecule has 0 bridgehead atoms. The molecule has 1 aromatic rings. The van der Waals surface area contributed by atoms with Crippen molar-refractivity contribution in [1.82, 2.24) is 4.90 Å². The normalized spacial score (nSPS) is 22.3. The number of carbonyl (C=O) groups excluding carboxylic acids is 2. The number of fused-ring (bicyclic) bond motifs is 1. The Labute approximate surface area is 156 Å². The van der Waals surface area contributed by atoms with Crippen molar-refractivity contribution in [2.24, 2.45) is 0 Å². The molecule has 0 N–H and O–H groups in total. The molecule has 4 heteroatoms. The van der Waals surface area contributed by atoms with Crippen LogP contribution in [0.2, 0.25) is 0 Å². The number of hydrogen-bond acceptors (Lipinski definition) is 3. The molecule has 1 aliphatic heterocycles. The van der Waals surface area contributed by atoms with Crippen molar-refractivity contribution >= 4 is 17.4 Å². The molecule has 2 aliphatic carbocycles. The predicted octanol–water partition coefficient (Wildman–Crippen LogP) is 4.18. The van der Waals surface area contributed by atoms with Gasteiger partial charge in [0.05, 0.1) is 11.3 Å². The highest BCUT2D eigenvalue weighted by Crippen LogP contribution is 2.32. The number of carbonyl (C=O) groups is 2. The molecule has 1 aromatic carbocycles. The summed E-state index contributed by atoms with van der Waals surface area (Å²) in [6.07, 6.45) is 13.2. The summed E-state index contributed by atoms with van der Waals surface area (Å²) in [5.41, 5.74) is 1.37. The lowest BCUT2D eigenvalue weighted by atomic mass is 9.88. The van der Waals surface area contributed by atoms with Gasteiger partial charge < -0.3 is 4.90 Å². The van der Waals surface area contributed by atoms with Gasteiger partial charge in [-0.1, -0.05) is 50.7 Å². The molecule has 3 aliphatic rings. The van der Waals surface area contributed by atoms with Crippen LogP contribution in [0.4, 0.5) is 5.69 Å². The van der Waals surface area contributed by atoms with Crippen LogP contribution < -0.4 is 4.90 Å². The molecule has 0 saturated heterocycles. The standard InChI is InChI=1S/C22H30N2O2/c25-21-19-13-7-8-14-20(19)24(22(21)26)16-15-23(17-9-3-1-4-10-17)18-11-5-2-6-12-18/h7-8,13-14,17-18H,1-6,9-12,15-16H2. The minimum Gasteiger partial charge on any atom is -0.303 e. The minimum atomic E-state index is -0.349. The molecule has 0 unspecified atom stereocenters. The molecular formula is C22H30N2O2. The van der Waals surface area contributed by atoms with Crippen molar-refractivity contribution < 1.29 is 9.59 Å². The van der Waals surface area contributed by atoms with Crippen LogP contribution in [-0.4, -0.2) is 41.8 Å². The van der Waals surface area contributed by atoms with Crippen molar-refractivity contribution in [3.05, 3.63) is 29.8 Å². The Balaban J connectivity index is 1.49. The third-order valence-corrected chi connectivity index (χ3v) is 6.55. The van der Waals surface area contributed by atoms with Crippen LogP contribution in [0, 0.1) is 0 Å². The van der Waals surface area contributed by atoms with E-state index in [-0.39, 0.29) is 11.7 Å². The quantitative estimate of drug-likeness (QED) is 0.745. The second-order valence-corrected chi connectivity index (χ2v) is 8.12. The first-order valence-corrected chi connectivity index (χ1v) is 10.5. The van der Waals surface area contributed by atoms with E-state index in [2.05, 4.69) is 4.90 Å². The minimum absolute atomic E-state index is 0.345. The number of anilines is 1. The third kappa shape index (κ3) is 3.44. The zero-order valence-electron chi connectivity index (χ0n) is 15.7. The topological polar surface area (TPSA) is 40.6 Å². The Morgan fingerprint density at radius 2 is 1.42 bits per heavy atom. The maximum Gasteiger partial charge on any atom is 0.299 e. The molecule has 0 atom stereocenters. The molecule has 1 heterocycles. The number of para-hydroxylation sites is 1. The van der Waals surface area contributed by atoms with Gasteiger partial charge in [0.25, 0.3) is 11.7 Å². The van der Waals surface area contributed by atoms with E-state index in [4.69, 9.17) is 0 Å². The average molecular weight is 354 g/mol. The number of nitrogens with zero attached hydrogens (tertiary/aromatic N) is 2. The molecule has 0 radical (unpaired) electrons. The van der Waals surface area contributed by atoms with Crippen LogP contribution in [0.25, 0.3) is 0 Å². The zero-order chi connectivity index (χ0) is 17.9. The van der Waals surface area contributed by atoms with E-state index in [0.29, 0.717) is 24.2 Å².